The molecular formula is C22H27ClN2O4. The fourth-order valence-corrected chi connectivity index (χ4v) is 2.58. The third-order valence-electron chi connectivity index (χ3n) is 4.16. The lowest BCUT2D eigenvalue weighted by Gasteiger charge is -2.15. The van der Waals surface area contributed by atoms with E-state index in [1.807, 2.05) is 24.3 Å². The zero-order valence-electron chi connectivity index (χ0n) is 16.9. The summed E-state index contributed by atoms with van der Waals surface area (Å²) in [4.78, 5) is 23.9. The normalized spacial score (nSPS) is 11.6. The van der Waals surface area contributed by atoms with Crippen LogP contribution in [0.5, 0.6) is 11.5 Å². The number of nitrogens with one attached hydrogen (secondary N) is 2. The van der Waals surface area contributed by atoms with Crippen LogP contribution in [-0.4, -0.2) is 37.6 Å². The molecule has 0 bridgehead atoms. The molecule has 2 rings (SSSR count). The molecule has 0 aromatic heterocycles. The Morgan fingerprint density at radius 3 is 2.10 bits per heavy atom. The van der Waals surface area contributed by atoms with Gasteiger partial charge < -0.3 is 20.1 Å². The van der Waals surface area contributed by atoms with Crippen LogP contribution in [0.4, 0.5) is 0 Å². The van der Waals surface area contributed by atoms with E-state index in [4.69, 9.17) is 21.1 Å². The molecule has 2 N–H and O–H groups in total. The lowest BCUT2D eigenvalue weighted by atomic mass is 10.0. The molecule has 0 saturated carbocycles. The van der Waals surface area contributed by atoms with Crippen molar-refractivity contribution in [2.45, 2.75) is 32.8 Å². The summed E-state index contributed by atoms with van der Waals surface area (Å²) in [7, 11) is 0. The molecular weight excluding hydrogens is 392 g/mol. The zero-order chi connectivity index (χ0) is 21.2. The molecule has 0 fully saturated rings. The second-order valence-electron chi connectivity index (χ2n) is 6.87. The van der Waals surface area contributed by atoms with Crippen LogP contribution in [0.3, 0.4) is 0 Å². The van der Waals surface area contributed by atoms with E-state index >= 15 is 0 Å². The lowest BCUT2D eigenvalue weighted by molar-refractivity contribution is -0.127. The van der Waals surface area contributed by atoms with E-state index in [-0.39, 0.29) is 18.4 Å². The van der Waals surface area contributed by atoms with Crippen molar-refractivity contribution in [3.8, 4) is 11.5 Å². The van der Waals surface area contributed by atoms with Crippen LogP contribution in [-0.2, 0) is 9.59 Å². The highest BCUT2D eigenvalue weighted by atomic mass is 35.5. The van der Waals surface area contributed by atoms with E-state index in [2.05, 4.69) is 24.5 Å². The van der Waals surface area contributed by atoms with E-state index in [9.17, 15) is 9.59 Å². The Bertz CT molecular complexity index is 791. The Morgan fingerprint density at radius 2 is 1.48 bits per heavy atom. The summed E-state index contributed by atoms with van der Waals surface area (Å²) in [6.45, 7) is 6.41. The Balaban J connectivity index is 1.62. The molecule has 1 unspecified atom stereocenters. The predicted octanol–water partition coefficient (Wildman–Crippen LogP) is 3.54. The number of hydrogen-bond donors (Lipinski definition) is 2. The molecule has 0 radical (unpaired) electrons. The number of benzene rings is 2. The first-order valence-electron chi connectivity index (χ1n) is 9.54. The van der Waals surface area contributed by atoms with Crippen LogP contribution in [0.25, 0.3) is 0 Å². The monoisotopic (exact) mass is 418 g/mol. The molecule has 6 nitrogen and oxygen atoms in total. The SMILES string of the molecule is CC(Oc1ccc(C(C)C)cc1)C(=O)NCCNC(=O)COc1ccc(Cl)cc1. The van der Waals surface area contributed by atoms with E-state index in [0.29, 0.717) is 35.5 Å². The molecule has 2 aromatic rings. The van der Waals surface area contributed by atoms with Gasteiger partial charge in [-0.1, -0.05) is 37.6 Å². The van der Waals surface area contributed by atoms with Crippen molar-refractivity contribution in [3.05, 3.63) is 59.1 Å². The first-order valence-corrected chi connectivity index (χ1v) is 9.92. The molecule has 0 heterocycles. The minimum absolute atomic E-state index is 0.110. The number of hydrogen-bond acceptors (Lipinski definition) is 4. The molecule has 2 aromatic carbocycles. The maximum absolute atomic E-state index is 12.1. The van der Waals surface area contributed by atoms with Crippen LogP contribution in [0.1, 0.15) is 32.3 Å². The average Bonchev–Trinajstić information content (AvgIpc) is 2.71. The summed E-state index contributed by atoms with van der Waals surface area (Å²) < 4.78 is 11.0. The van der Waals surface area contributed by atoms with Gasteiger partial charge in [0.1, 0.15) is 11.5 Å². The number of rotatable bonds is 10. The molecule has 0 aliphatic rings. The summed E-state index contributed by atoms with van der Waals surface area (Å²) in [5.41, 5.74) is 1.21. The van der Waals surface area contributed by atoms with Gasteiger partial charge in [-0.15, -0.1) is 0 Å². The maximum Gasteiger partial charge on any atom is 0.260 e. The fraction of sp³-hybridized carbons (Fsp3) is 0.364. The van der Waals surface area contributed by atoms with Crippen molar-refractivity contribution in [3.63, 3.8) is 0 Å². The van der Waals surface area contributed by atoms with Crippen molar-refractivity contribution in [1.82, 2.24) is 10.6 Å². The molecule has 7 heteroatoms. The number of carbonyl (C=O) groups excluding carboxylic acids is 2. The van der Waals surface area contributed by atoms with Gasteiger partial charge in [-0.25, -0.2) is 0 Å². The Hall–Kier alpha value is -2.73. The Labute approximate surface area is 176 Å². The molecule has 0 aliphatic carbocycles. The van der Waals surface area contributed by atoms with Crippen molar-refractivity contribution in [1.29, 1.82) is 0 Å². The van der Waals surface area contributed by atoms with Crippen LogP contribution in [0, 0.1) is 0 Å². The number of ether oxygens (including phenoxy) is 2. The molecule has 0 saturated heterocycles. The van der Waals surface area contributed by atoms with Gasteiger partial charge in [-0.05, 0) is 54.8 Å². The summed E-state index contributed by atoms with van der Waals surface area (Å²) >= 11 is 5.79. The smallest absolute Gasteiger partial charge is 0.260 e. The Kier molecular flexibility index (Phi) is 8.80. The van der Waals surface area contributed by atoms with Crippen molar-refractivity contribution in [2.75, 3.05) is 19.7 Å². The van der Waals surface area contributed by atoms with E-state index in [0.717, 1.165) is 0 Å². The van der Waals surface area contributed by atoms with Gasteiger partial charge in [-0.2, -0.15) is 0 Å². The fourth-order valence-electron chi connectivity index (χ4n) is 2.45. The minimum atomic E-state index is -0.635. The van der Waals surface area contributed by atoms with Gasteiger partial charge in [0.15, 0.2) is 12.7 Å². The largest absolute Gasteiger partial charge is 0.484 e. The van der Waals surface area contributed by atoms with E-state index < -0.39 is 6.10 Å². The number of halogens is 1. The van der Waals surface area contributed by atoms with Crippen molar-refractivity contribution >= 4 is 23.4 Å². The third-order valence-corrected chi connectivity index (χ3v) is 4.41. The van der Waals surface area contributed by atoms with Gasteiger partial charge in [0.2, 0.25) is 0 Å². The summed E-state index contributed by atoms with van der Waals surface area (Å²) in [6, 6.07) is 14.5. The van der Waals surface area contributed by atoms with Crippen LogP contribution < -0.4 is 20.1 Å². The van der Waals surface area contributed by atoms with Gasteiger partial charge in [0, 0.05) is 18.1 Å². The molecule has 0 aliphatic heterocycles. The standard InChI is InChI=1S/C22H27ClN2O4/c1-15(2)17-4-8-20(9-5-17)29-16(3)22(27)25-13-12-24-21(26)14-28-19-10-6-18(23)7-11-19/h4-11,15-16H,12-14H2,1-3H3,(H,24,26)(H,25,27). The van der Waals surface area contributed by atoms with Crippen molar-refractivity contribution < 1.29 is 19.1 Å². The van der Waals surface area contributed by atoms with Gasteiger partial charge in [0.25, 0.3) is 11.8 Å². The highest BCUT2D eigenvalue weighted by Crippen LogP contribution is 2.19. The summed E-state index contributed by atoms with van der Waals surface area (Å²) in [5.74, 6) is 1.12. The second-order valence-corrected chi connectivity index (χ2v) is 7.30. The maximum atomic E-state index is 12.1. The van der Waals surface area contributed by atoms with Crippen LogP contribution in [0.2, 0.25) is 5.02 Å². The van der Waals surface area contributed by atoms with E-state index in [1.54, 1.807) is 31.2 Å². The summed E-state index contributed by atoms with van der Waals surface area (Å²) in [5, 5.41) is 6.01. The minimum Gasteiger partial charge on any atom is -0.484 e. The topological polar surface area (TPSA) is 76.7 Å². The molecule has 0 spiro atoms. The zero-order valence-corrected chi connectivity index (χ0v) is 17.7. The molecule has 2 amide bonds. The number of carbonyl (C=O) groups is 2. The molecule has 29 heavy (non-hydrogen) atoms. The highest BCUT2D eigenvalue weighted by Gasteiger charge is 2.14. The molecule has 1 atom stereocenters. The molecule has 156 valence electrons. The van der Waals surface area contributed by atoms with Gasteiger partial charge >= 0.3 is 0 Å². The third kappa shape index (κ3) is 8.03. The Morgan fingerprint density at radius 1 is 0.897 bits per heavy atom. The second kappa shape index (κ2) is 11.3. The van der Waals surface area contributed by atoms with Crippen LogP contribution in [0.15, 0.2) is 48.5 Å². The predicted molar refractivity (Wildman–Crippen MR) is 114 cm³/mol. The van der Waals surface area contributed by atoms with Crippen molar-refractivity contribution in [2.24, 2.45) is 0 Å². The average molecular weight is 419 g/mol. The lowest BCUT2D eigenvalue weighted by Crippen LogP contribution is -2.41. The van der Waals surface area contributed by atoms with Gasteiger partial charge in [-0.3, -0.25) is 9.59 Å². The first-order chi connectivity index (χ1) is 13.8. The first kappa shape index (κ1) is 22.6. The van der Waals surface area contributed by atoms with Gasteiger partial charge in [0.05, 0.1) is 0 Å². The quantitative estimate of drug-likeness (QED) is 0.578. The highest BCUT2D eigenvalue weighted by molar-refractivity contribution is 6.30. The number of amides is 2. The van der Waals surface area contributed by atoms with E-state index in [1.165, 1.54) is 5.56 Å². The van der Waals surface area contributed by atoms with Crippen LogP contribution >= 0.6 is 11.6 Å². The summed E-state index contributed by atoms with van der Waals surface area (Å²) in [6.07, 6.45) is -0.635.